The van der Waals surface area contributed by atoms with Crippen LogP contribution in [0.15, 0.2) is 53.4 Å². The zero-order chi connectivity index (χ0) is 20.7. The molecule has 0 radical (unpaired) electrons. The average molecular weight is 419 g/mol. The van der Waals surface area contributed by atoms with Crippen LogP contribution in [-0.2, 0) is 21.3 Å². The molecule has 0 aromatic heterocycles. The van der Waals surface area contributed by atoms with Gasteiger partial charge < -0.3 is 14.8 Å². The third kappa shape index (κ3) is 6.03. The Morgan fingerprint density at radius 1 is 1.21 bits per heavy atom. The minimum absolute atomic E-state index is 0.0569. The zero-order valence-corrected chi connectivity index (χ0v) is 17.2. The summed E-state index contributed by atoms with van der Waals surface area (Å²) >= 11 is 0. The lowest BCUT2D eigenvalue weighted by Gasteiger charge is -2.12. The lowest BCUT2D eigenvalue weighted by Crippen LogP contribution is -2.32. The second-order valence-corrected chi connectivity index (χ2v) is 8.54. The van der Waals surface area contributed by atoms with Gasteiger partial charge in [0.15, 0.2) is 0 Å². The molecule has 156 valence electrons. The first-order valence-electron chi connectivity index (χ1n) is 9.69. The van der Waals surface area contributed by atoms with Gasteiger partial charge in [-0.2, -0.15) is 0 Å². The van der Waals surface area contributed by atoms with Crippen molar-refractivity contribution in [2.24, 2.45) is 0 Å². The molecule has 1 unspecified atom stereocenters. The molecule has 8 heteroatoms. The molecule has 2 aromatic carbocycles. The predicted molar refractivity (Wildman–Crippen MR) is 109 cm³/mol. The van der Waals surface area contributed by atoms with Crippen molar-refractivity contribution in [3.8, 4) is 5.75 Å². The monoisotopic (exact) mass is 418 g/mol. The summed E-state index contributed by atoms with van der Waals surface area (Å²) in [5.41, 5.74) is 1.18. The van der Waals surface area contributed by atoms with Crippen LogP contribution in [0.2, 0.25) is 0 Å². The molecular weight excluding hydrogens is 392 g/mol. The van der Waals surface area contributed by atoms with Crippen LogP contribution in [0, 0.1) is 0 Å². The maximum Gasteiger partial charge on any atom is 0.251 e. The van der Waals surface area contributed by atoms with Gasteiger partial charge in [0.25, 0.3) is 5.91 Å². The van der Waals surface area contributed by atoms with E-state index in [0.29, 0.717) is 19.8 Å². The number of ether oxygens (including phenoxy) is 2. The van der Waals surface area contributed by atoms with Crippen molar-refractivity contribution >= 4 is 15.9 Å². The molecule has 0 spiro atoms. The molecule has 29 heavy (non-hydrogen) atoms. The molecule has 1 atom stereocenters. The first kappa shape index (κ1) is 21.3. The minimum Gasteiger partial charge on any atom is -0.494 e. The van der Waals surface area contributed by atoms with Gasteiger partial charge in [-0.15, -0.1) is 0 Å². The Hall–Kier alpha value is -2.42. The van der Waals surface area contributed by atoms with Crippen molar-refractivity contribution in [3.63, 3.8) is 0 Å². The number of hydrogen-bond acceptors (Lipinski definition) is 5. The summed E-state index contributed by atoms with van der Waals surface area (Å²) in [5.74, 6) is 0.396. The quantitative estimate of drug-likeness (QED) is 0.653. The van der Waals surface area contributed by atoms with Crippen molar-refractivity contribution in [2.75, 3.05) is 19.8 Å². The molecule has 3 rings (SSSR count). The van der Waals surface area contributed by atoms with E-state index in [2.05, 4.69) is 10.0 Å². The van der Waals surface area contributed by atoms with Crippen LogP contribution < -0.4 is 14.8 Å². The Balaban J connectivity index is 1.62. The van der Waals surface area contributed by atoms with Crippen molar-refractivity contribution < 1.29 is 22.7 Å². The number of sulfonamides is 1. The van der Waals surface area contributed by atoms with Crippen LogP contribution in [0.25, 0.3) is 0 Å². The van der Waals surface area contributed by atoms with Gasteiger partial charge in [-0.1, -0.05) is 18.2 Å². The highest BCUT2D eigenvalue weighted by molar-refractivity contribution is 7.89. The number of hydrogen-bond donors (Lipinski definition) is 2. The third-order valence-corrected chi connectivity index (χ3v) is 6.02. The number of rotatable bonds is 9. The lowest BCUT2D eigenvalue weighted by atomic mass is 10.2. The Kier molecular flexibility index (Phi) is 7.24. The number of nitrogens with one attached hydrogen (secondary N) is 2. The van der Waals surface area contributed by atoms with E-state index in [4.69, 9.17) is 9.47 Å². The van der Waals surface area contributed by atoms with Crippen LogP contribution in [-0.4, -0.2) is 40.2 Å². The molecule has 1 heterocycles. The highest BCUT2D eigenvalue weighted by Gasteiger charge is 2.21. The predicted octanol–water partition coefficient (Wildman–Crippen LogP) is 2.47. The Morgan fingerprint density at radius 2 is 2.03 bits per heavy atom. The van der Waals surface area contributed by atoms with E-state index >= 15 is 0 Å². The molecule has 1 aliphatic rings. The largest absolute Gasteiger partial charge is 0.494 e. The first-order valence-corrected chi connectivity index (χ1v) is 11.2. The topological polar surface area (TPSA) is 93.7 Å². The van der Waals surface area contributed by atoms with Crippen LogP contribution in [0.3, 0.4) is 0 Å². The second kappa shape index (κ2) is 9.87. The fourth-order valence-electron chi connectivity index (χ4n) is 3.09. The van der Waals surface area contributed by atoms with E-state index in [-0.39, 0.29) is 29.0 Å². The van der Waals surface area contributed by atoms with Crippen molar-refractivity contribution in [2.45, 2.75) is 37.3 Å². The number of carbonyl (C=O) groups excluding carboxylic acids is 1. The molecule has 0 bridgehead atoms. The molecule has 1 aliphatic heterocycles. The van der Waals surface area contributed by atoms with Crippen LogP contribution in [0.4, 0.5) is 0 Å². The van der Waals surface area contributed by atoms with Crippen LogP contribution in [0.5, 0.6) is 5.75 Å². The fraction of sp³-hybridized carbons (Fsp3) is 0.381. The van der Waals surface area contributed by atoms with Gasteiger partial charge in [-0.25, -0.2) is 13.1 Å². The number of carbonyl (C=O) groups is 1. The van der Waals surface area contributed by atoms with Gasteiger partial charge in [-0.05, 0) is 55.7 Å². The van der Waals surface area contributed by atoms with Gasteiger partial charge in [0, 0.05) is 25.3 Å². The summed E-state index contributed by atoms with van der Waals surface area (Å²) in [6.07, 6.45) is 1.69. The van der Waals surface area contributed by atoms with Crippen molar-refractivity contribution in [3.05, 3.63) is 59.7 Å². The van der Waals surface area contributed by atoms with E-state index in [1.54, 1.807) is 12.1 Å². The van der Waals surface area contributed by atoms with Crippen molar-refractivity contribution in [1.29, 1.82) is 0 Å². The zero-order valence-electron chi connectivity index (χ0n) is 16.4. The normalized spacial score (nSPS) is 16.5. The van der Waals surface area contributed by atoms with Gasteiger partial charge in [0.05, 0.1) is 17.6 Å². The highest BCUT2D eigenvalue weighted by atomic mass is 32.2. The molecule has 7 nitrogen and oxygen atoms in total. The third-order valence-electron chi connectivity index (χ3n) is 4.59. The fourth-order valence-corrected chi connectivity index (χ4v) is 4.20. The molecule has 1 saturated heterocycles. The first-order chi connectivity index (χ1) is 14.0. The van der Waals surface area contributed by atoms with E-state index in [1.165, 1.54) is 12.1 Å². The summed E-state index contributed by atoms with van der Waals surface area (Å²) < 4.78 is 38.5. The smallest absolute Gasteiger partial charge is 0.251 e. The average Bonchev–Trinajstić information content (AvgIpc) is 3.25. The van der Waals surface area contributed by atoms with Crippen molar-refractivity contribution in [1.82, 2.24) is 10.0 Å². The standard InChI is InChI=1S/C21H26N2O5S/c1-2-27-18-8-3-6-16(12-18)14-22-21(24)17-7-4-10-20(13-17)29(25,26)23-15-19-9-5-11-28-19/h3-4,6-8,10,12-13,19,23H,2,5,9,11,14-15H2,1H3,(H,22,24). The summed E-state index contributed by atoms with van der Waals surface area (Å²) in [4.78, 5) is 12.6. The van der Waals surface area contributed by atoms with Crippen LogP contribution in [0.1, 0.15) is 35.7 Å². The Bertz CT molecular complexity index is 940. The minimum atomic E-state index is -3.71. The van der Waals surface area contributed by atoms with Gasteiger partial charge >= 0.3 is 0 Å². The molecule has 1 amide bonds. The highest BCUT2D eigenvalue weighted by Crippen LogP contribution is 2.16. The molecular formula is C21H26N2O5S. The Labute approximate surface area is 171 Å². The molecule has 2 N–H and O–H groups in total. The van der Waals surface area contributed by atoms with E-state index < -0.39 is 10.0 Å². The maximum atomic E-state index is 12.5. The summed E-state index contributed by atoms with van der Waals surface area (Å²) in [6.45, 7) is 3.68. The van der Waals surface area contributed by atoms with Crippen LogP contribution >= 0.6 is 0 Å². The lowest BCUT2D eigenvalue weighted by molar-refractivity contribution is 0.0950. The summed E-state index contributed by atoms with van der Waals surface area (Å²) in [5, 5.41) is 2.81. The maximum absolute atomic E-state index is 12.5. The summed E-state index contributed by atoms with van der Waals surface area (Å²) in [7, 11) is -3.71. The summed E-state index contributed by atoms with van der Waals surface area (Å²) in [6, 6.07) is 13.5. The SMILES string of the molecule is CCOc1cccc(CNC(=O)c2cccc(S(=O)(=O)NCC3CCCO3)c2)c1. The van der Waals surface area contributed by atoms with E-state index in [0.717, 1.165) is 24.2 Å². The van der Waals surface area contributed by atoms with Gasteiger partial charge in [0.2, 0.25) is 10.0 Å². The second-order valence-electron chi connectivity index (χ2n) is 6.78. The molecule has 1 fully saturated rings. The van der Waals surface area contributed by atoms with Gasteiger partial charge in [-0.3, -0.25) is 4.79 Å². The van der Waals surface area contributed by atoms with Gasteiger partial charge in [0.1, 0.15) is 5.75 Å². The number of amides is 1. The van der Waals surface area contributed by atoms with E-state index in [1.807, 2.05) is 31.2 Å². The number of benzene rings is 2. The van der Waals surface area contributed by atoms with E-state index in [9.17, 15) is 13.2 Å². The Morgan fingerprint density at radius 3 is 2.79 bits per heavy atom. The molecule has 2 aromatic rings. The molecule has 0 saturated carbocycles. The molecule has 0 aliphatic carbocycles.